The highest BCUT2D eigenvalue weighted by Gasteiger charge is 2.25. The summed E-state index contributed by atoms with van der Waals surface area (Å²) < 4.78 is 1.24. The van der Waals surface area contributed by atoms with Crippen LogP contribution in [0.2, 0.25) is 0 Å². The molecule has 0 unspecified atom stereocenters. The molecular weight excluding hydrogens is 304 g/mol. The minimum atomic E-state index is -0.489. The molecule has 1 aliphatic carbocycles. The minimum Gasteiger partial charge on any atom is -0.303 e. The number of hydrogen-bond acceptors (Lipinski definition) is 3. The van der Waals surface area contributed by atoms with E-state index in [0.717, 1.165) is 24.0 Å². The van der Waals surface area contributed by atoms with Crippen molar-refractivity contribution in [2.45, 2.75) is 46.6 Å². The first kappa shape index (κ1) is 16.4. The van der Waals surface area contributed by atoms with Gasteiger partial charge in [0.2, 0.25) is 5.78 Å². The Morgan fingerprint density at radius 3 is 2.33 bits per heavy atom. The first-order valence-corrected chi connectivity index (χ1v) is 8.39. The Bertz CT molecular complexity index is 897. The largest absolute Gasteiger partial charge is 0.328 e. The molecule has 0 amide bonds. The topological polar surface area (TPSA) is 71.9 Å². The van der Waals surface area contributed by atoms with Crippen LogP contribution in [0.25, 0.3) is 0 Å². The molecule has 0 spiro atoms. The lowest BCUT2D eigenvalue weighted by Gasteiger charge is -2.11. The Labute approximate surface area is 140 Å². The second-order valence-corrected chi connectivity index (χ2v) is 6.70. The van der Waals surface area contributed by atoms with Crippen LogP contribution in [-0.4, -0.2) is 15.3 Å². The second kappa shape index (κ2) is 6.23. The highest BCUT2D eigenvalue weighted by Crippen LogP contribution is 2.29. The monoisotopic (exact) mass is 326 g/mol. The molecule has 0 bridgehead atoms. The maximum absolute atomic E-state index is 12.9. The fraction of sp³-hybridized carbons (Fsp3) is 0.421. The number of carbonyl (C=O) groups excluding carboxylic acids is 1. The van der Waals surface area contributed by atoms with E-state index in [1.165, 1.54) is 4.57 Å². The standard InChI is InChI=1S/C19H22N2O3/c1-4-15-16(17(22)14-8-11(2)7-12(3)9-14)20-19(24)21(18(15)23)10-13-5-6-13/h7-9,13H,4-6,10H2,1-3H3,(H,20,24). The summed E-state index contributed by atoms with van der Waals surface area (Å²) in [6.45, 7) is 6.11. The zero-order chi connectivity index (χ0) is 17.4. The van der Waals surface area contributed by atoms with Crippen LogP contribution in [0.3, 0.4) is 0 Å². The first-order valence-electron chi connectivity index (χ1n) is 8.39. The highest BCUT2D eigenvalue weighted by atomic mass is 16.2. The third kappa shape index (κ3) is 3.11. The van der Waals surface area contributed by atoms with Gasteiger partial charge in [-0.2, -0.15) is 0 Å². The van der Waals surface area contributed by atoms with E-state index >= 15 is 0 Å². The predicted octanol–water partition coefficient (Wildman–Crippen LogP) is 2.36. The second-order valence-electron chi connectivity index (χ2n) is 6.70. The van der Waals surface area contributed by atoms with Gasteiger partial charge in [-0.15, -0.1) is 0 Å². The number of hydrogen-bond donors (Lipinski definition) is 1. The van der Waals surface area contributed by atoms with E-state index in [4.69, 9.17) is 0 Å². The number of carbonyl (C=O) groups is 1. The Balaban J connectivity index is 2.11. The normalized spacial score (nSPS) is 14.0. The first-order chi connectivity index (χ1) is 11.4. The zero-order valence-electron chi connectivity index (χ0n) is 14.3. The van der Waals surface area contributed by atoms with E-state index in [9.17, 15) is 14.4 Å². The summed E-state index contributed by atoms with van der Waals surface area (Å²) in [4.78, 5) is 40.5. The molecule has 0 atom stereocenters. The SMILES string of the molecule is CCc1c(C(=O)c2cc(C)cc(C)c2)[nH]c(=O)n(CC2CC2)c1=O. The van der Waals surface area contributed by atoms with Crippen molar-refractivity contribution in [1.82, 2.24) is 9.55 Å². The quantitative estimate of drug-likeness (QED) is 0.857. The lowest BCUT2D eigenvalue weighted by Crippen LogP contribution is -2.40. The van der Waals surface area contributed by atoms with E-state index in [1.807, 2.05) is 26.8 Å². The van der Waals surface area contributed by atoms with Gasteiger partial charge in [0.15, 0.2) is 0 Å². The van der Waals surface area contributed by atoms with Crippen molar-refractivity contribution in [3.8, 4) is 0 Å². The van der Waals surface area contributed by atoms with Crippen LogP contribution in [0.5, 0.6) is 0 Å². The van der Waals surface area contributed by atoms with Crippen molar-refractivity contribution in [2.24, 2.45) is 5.92 Å². The average Bonchev–Trinajstić information content (AvgIpc) is 3.33. The maximum Gasteiger partial charge on any atom is 0.328 e. The van der Waals surface area contributed by atoms with Crippen LogP contribution in [0.4, 0.5) is 0 Å². The van der Waals surface area contributed by atoms with Crippen molar-refractivity contribution < 1.29 is 4.79 Å². The van der Waals surface area contributed by atoms with Crippen molar-refractivity contribution in [2.75, 3.05) is 0 Å². The number of H-pyrrole nitrogens is 1. The van der Waals surface area contributed by atoms with Crippen molar-refractivity contribution in [1.29, 1.82) is 0 Å². The molecule has 1 N–H and O–H groups in total. The highest BCUT2D eigenvalue weighted by molar-refractivity contribution is 6.08. The molecule has 1 aromatic carbocycles. The molecule has 1 saturated carbocycles. The molecule has 1 aromatic heterocycles. The van der Waals surface area contributed by atoms with Crippen LogP contribution in [0.1, 0.15) is 52.5 Å². The van der Waals surface area contributed by atoms with E-state index in [-0.39, 0.29) is 17.0 Å². The van der Waals surface area contributed by atoms with Crippen molar-refractivity contribution >= 4 is 5.78 Å². The van der Waals surface area contributed by atoms with Gasteiger partial charge in [0.05, 0.1) is 5.69 Å². The van der Waals surface area contributed by atoms with Gasteiger partial charge in [0, 0.05) is 17.7 Å². The number of ketones is 1. The van der Waals surface area contributed by atoms with Gasteiger partial charge in [-0.05, 0) is 51.2 Å². The van der Waals surface area contributed by atoms with Gasteiger partial charge in [-0.25, -0.2) is 4.79 Å². The van der Waals surface area contributed by atoms with Crippen LogP contribution in [0.15, 0.2) is 27.8 Å². The summed E-state index contributed by atoms with van der Waals surface area (Å²) in [5, 5.41) is 0. The smallest absolute Gasteiger partial charge is 0.303 e. The summed E-state index contributed by atoms with van der Waals surface area (Å²) in [5.41, 5.74) is 2.14. The molecule has 1 aliphatic rings. The van der Waals surface area contributed by atoms with Crippen molar-refractivity contribution in [3.05, 3.63) is 67.0 Å². The van der Waals surface area contributed by atoms with E-state index in [0.29, 0.717) is 30.0 Å². The van der Waals surface area contributed by atoms with Crippen LogP contribution in [0, 0.1) is 19.8 Å². The Kier molecular flexibility index (Phi) is 4.26. The van der Waals surface area contributed by atoms with Gasteiger partial charge in [-0.3, -0.25) is 14.2 Å². The molecule has 24 heavy (non-hydrogen) atoms. The Hall–Kier alpha value is -2.43. The van der Waals surface area contributed by atoms with Gasteiger partial charge in [0.1, 0.15) is 0 Å². The molecular formula is C19H22N2O3. The van der Waals surface area contributed by atoms with E-state index < -0.39 is 5.69 Å². The maximum atomic E-state index is 12.9. The molecule has 1 fully saturated rings. The Morgan fingerprint density at radius 2 is 1.79 bits per heavy atom. The fourth-order valence-electron chi connectivity index (χ4n) is 3.11. The molecule has 0 saturated heterocycles. The minimum absolute atomic E-state index is 0.129. The summed E-state index contributed by atoms with van der Waals surface area (Å²) in [6, 6.07) is 5.54. The molecule has 0 aliphatic heterocycles. The number of rotatable bonds is 5. The van der Waals surface area contributed by atoms with Crippen molar-refractivity contribution in [3.63, 3.8) is 0 Å². The number of aromatic nitrogens is 2. The lowest BCUT2D eigenvalue weighted by atomic mass is 9.99. The third-order valence-electron chi connectivity index (χ3n) is 4.48. The number of nitrogens with one attached hydrogen (secondary N) is 1. The molecule has 5 nitrogen and oxygen atoms in total. The molecule has 5 heteroatoms. The number of benzene rings is 1. The summed E-state index contributed by atoms with van der Waals surface area (Å²) in [6.07, 6.45) is 2.51. The van der Waals surface area contributed by atoms with Crippen LogP contribution in [-0.2, 0) is 13.0 Å². The Morgan fingerprint density at radius 1 is 1.17 bits per heavy atom. The molecule has 2 aromatic rings. The van der Waals surface area contributed by atoms with Gasteiger partial charge in [0.25, 0.3) is 5.56 Å². The number of aryl methyl sites for hydroxylation is 2. The lowest BCUT2D eigenvalue weighted by molar-refractivity contribution is 0.103. The number of nitrogens with zero attached hydrogens (tertiary/aromatic N) is 1. The van der Waals surface area contributed by atoms with Crippen LogP contribution < -0.4 is 11.2 Å². The van der Waals surface area contributed by atoms with Crippen LogP contribution >= 0.6 is 0 Å². The molecule has 126 valence electrons. The number of aromatic amines is 1. The summed E-state index contributed by atoms with van der Waals surface area (Å²) in [7, 11) is 0. The van der Waals surface area contributed by atoms with E-state index in [2.05, 4.69) is 4.98 Å². The fourth-order valence-corrected chi connectivity index (χ4v) is 3.11. The average molecular weight is 326 g/mol. The van der Waals surface area contributed by atoms with Gasteiger partial charge < -0.3 is 4.98 Å². The summed E-state index contributed by atoms with van der Waals surface area (Å²) >= 11 is 0. The molecule has 1 heterocycles. The van der Waals surface area contributed by atoms with E-state index in [1.54, 1.807) is 12.1 Å². The van der Waals surface area contributed by atoms with Gasteiger partial charge >= 0.3 is 5.69 Å². The molecule has 3 rings (SSSR count). The third-order valence-corrected chi connectivity index (χ3v) is 4.48. The predicted molar refractivity (Wildman–Crippen MR) is 92.8 cm³/mol. The molecule has 0 radical (unpaired) electrons. The zero-order valence-corrected chi connectivity index (χ0v) is 14.3. The van der Waals surface area contributed by atoms with Gasteiger partial charge in [-0.1, -0.05) is 24.1 Å². The summed E-state index contributed by atoms with van der Waals surface area (Å²) in [5.74, 6) is 0.112.